The van der Waals surface area contributed by atoms with Crippen molar-refractivity contribution >= 4 is 11.9 Å². The number of ether oxygens (including phenoxy) is 2. The molecule has 1 atom stereocenters. The van der Waals surface area contributed by atoms with Gasteiger partial charge >= 0.3 is 5.97 Å². The number of hydrogen-bond donors (Lipinski definition) is 1. The summed E-state index contributed by atoms with van der Waals surface area (Å²) < 4.78 is 23.9. The van der Waals surface area contributed by atoms with Gasteiger partial charge in [0, 0.05) is 0 Å². The molecule has 1 N–H and O–H groups in total. The molecule has 0 heterocycles. The molecule has 0 aliphatic carbocycles. The van der Waals surface area contributed by atoms with Crippen LogP contribution in [0.1, 0.15) is 35.3 Å². The fraction of sp³-hybridized carbons (Fsp3) is 0.263. The van der Waals surface area contributed by atoms with Crippen molar-refractivity contribution in [1.82, 2.24) is 5.32 Å². The zero-order valence-corrected chi connectivity index (χ0v) is 14.1. The third kappa shape index (κ3) is 5.04. The van der Waals surface area contributed by atoms with E-state index in [-0.39, 0.29) is 18.6 Å². The van der Waals surface area contributed by atoms with E-state index in [1.807, 2.05) is 0 Å². The standard InChI is InChI=1S/C19H20FNO4/c1-3-25-18(22)12-17(13-8-10-14(24-2)11-9-13)21-19(23)15-6-4-5-7-16(15)20/h4-11,17H,3,12H2,1-2H3,(H,21,23)/t17-/m0/s1. The second-order valence-corrected chi connectivity index (χ2v) is 5.29. The van der Waals surface area contributed by atoms with Crippen LogP contribution in [0, 0.1) is 5.82 Å². The van der Waals surface area contributed by atoms with Gasteiger partial charge in [0.05, 0.1) is 31.7 Å². The number of halogens is 1. The monoisotopic (exact) mass is 345 g/mol. The lowest BCUT2D eigenvalue weighted by molar-refractivity contribution is -0.143. The molecule has 0 aliphatic heterocycles. The lowest BCUT2D eigenvalue weighted by atomic mass is 10.0. The molecule has 0 aliphatic rings. The van der Waals surface area contributed by atoms with E-state index in [2.05, 4.69) is 5.32 Å². The minimum absolute atomic E-state index is 0.0552. The van der Waals surface area contributed by atoms with Crippen LogP contribution in [-0.2, 0) is 9.53 Å². The first kappa shape index (κ1) is 18.4. The molecule has 0 bridgehead atoms. The van der Waals surface area contributed by atoms with Crippen molar-refractivity contribution in [3.63, 3.8) is 0 Å². The van der Waals surface area contributed by atoms with Crippen molar-refractivity contribution in [2.75, 3.05) is 13.7 Å². The summed E-state index contributed by atoms with van der Waals surface area (Å²) in [6.45, 7) is 1.95. The summed E-state index contributed by atoms with van der Waals surface area (Å²) in [5.41, 5.74) is 0.614. The molecule has 0 unspecified atom stereocenters. The van der Waals surface area contributed by atoms with Crippen LogP contribution in [0.25, 0.3) is 0 Å². The second kappa shape index (κ2) is 8.82. The predicted octanol–water partition coefficient (Wildman–Crippen LogP) is 3.26. The van der Waals surface area contributed by atoms with Gasteiger partial charge in [-0.3, -0.25) is 9.59 Å². The van der Waals surface area contributed by atoms with Gasteiger partial charge in [0.1, 0.15) is 11.6 Å². The van der Waals surface area contributed by atoms with Crippen LogP contribution in [0.4, 0.5) is 4.39 Å². The molecule has 2 aromatic rings. The summed E-state index contributed by atoms with van der Waals surface area (Å²) in [4.78, 5) is 24.2. The number of carbonyl (C=O) groups excluding carboxylic acids is 2. The molecule has 132 valence electrons. The van der Waals surface area contributed by atoms with Gasteiger partial charge in [-0.25, -0.2) is 4.39 Å². The topological polar surface area (TPSA) is 64.6 Å². The van der Waals surface area contributed by atoms with Gasteiger partial charge in [0.2, 0.25) is 0 Å². The smallest absolute Gasteiger partial charge is 0.308 e. The molecule has 0 saturated heterocycles. The number of amides is 1. The Bertz CT molecular complexity index is 730. The SMILES string of the molecule is CCOC(=O)C[C@H](NC(=O)c1ccccc1F)c1ccc(OC)cc1. The van der Waals surface area contributed by atoms with E-state index in [9.17, 15) is 14.0 Å². The molecule has 0 radical (unpaired) electrons. The first-order valence-corrected chi connectivity index (χ1v) is 7.90. The van der Waals surface area contributed by atoms with Gasteiger partial charge in [0.15, 0.2) is 0 Å². The van der Waals surface area contributed by atoms with Crippen LogP contribution < -0.4 is 10.1 Å². The molecule has 25 heavy (non-hydrogen) atoms. The Morgan fingerprint density at radius 2 is 1.80 bits per heavy atom. The van der Waals surface area contributed by atoms with E-state index >= 15 is 0 Å². The number of methoxy groups -OCH3 is 1. The molecule has 2 aromatic carbocycles. The number of hydrogen-bond acceptors (Lipinski definition) is 4. The van der Waals surface area contributed by atoms with Crippen molar-refractivity contribution < 1.29 is 23.5 Å². The summed E-state index contributed by atoms with van der Waals surface area (Å²) in [5.74, 6) is -1.01. The average molecular weight is 345 g/mol. The maximum atomic E-state index is 13.8. The van der Waals surface area contributed by atoms with Gasteiger partial charge in [0.25, 0.3) is 5.91 Å². The van der Waals surface area contributed by atoms with Gasteiger partial charge in [-0.15, -0.1) is 0 Å². The predicted molar refractivity (Wildman–Crippen MR) is 90.9 cm³/mol. The molecule has 6 heteroatoms. The fourth-order valence-electron chi connectivity index (χ4n) is 2.36. The Morgan fingerprint density at radius 3 is 2.40 bits per heavy atom. The van der Waals surface area contributed by atoms with Crippen LogP contribution in [-0.4, -0.2) is 25.6 Å². The third-order valence-corrected chi connectivity index (χ3v) is 3.62. The van der Waals surface area contributed by atoms with E-state index in [0.717, 1.165) is 0 Å². The van der Waals surface area contributed by atoms with Crippen molar-refractivity contribution in [2.45, 2.75) is 19.4 Å². The highest BCUT2D eigenvalue weighted by molar-refractivity contribution is 5.95. The highest BCUT2D eigenvalue weighted by Crippen LogP contribution is 2.22. The van der Waals surface area contributed by atoms with Gasteiger partial charge in [-0.2, -0.15) is 0 Å². The van der Waals surface area contributed by atoms with Crippen LogP contribution in [0.5, 0.6) is 5.75 Å². The van der Waals surface area contributed by atoms with Crippen LogP contribution in [0.3, 0.4) is 0 Å². The summed E-state index contributed by atoms with van der Waals surface area (Å²) >= 11 is 0. The lowest BCUT2D eigenvalue weighted by Gasteiger charge is -2.19. The van der Waals surface area contributed by atoms with Gasteiger partial charge < -0.3 is 14.8 Å². The summed E-state index contributed by atoms with van der Waals surface area (Å²) in [6, 6.07) is 12.0. The van der Waals surface area contributed by atoms with E-state index in [1.54, 1.807) is 44.4 Å². The minimum Gasteiger partial charge on any atom is -0.497 e. The van der Waals surface area contributed by atoms with Gasteiger partial charge in [-0.05, 0) is 36.8 Å². The maximum absolute atomic E-state index is 13.8. The number of esters is 1. The van der Waals surface area contributed by atoms with Crippen molar-refractivity contribution in [3.05, 3.63) is 65.5 Å². The lowest BCUT2D eigenvalue weighted by Crippen LogP contribution is -2.31. The van der Waals surface area contributed by atoms with Crippen molar-refractivity contribution in [3.8, 4) is 5.75 Å². The van der Waals surface area contributed by atoms with E-state index in [0.29, 0.717) is 11.3 Å². The van der Waals surface area contributed by atoms with E-state index in [1.165, 1.54) is 18.2 Å². The average Bonchev–Trinajstić information content (AvgIpc) is 2.61. The summed E-state index contributed by atoms with van der Waals surface area (Å²) in [7, 11) is 1.55. The van der Waals surface area contributed by atoms with E-state index < -0.39 is 23.7 Å². The largest absolute Gasteiger partial charge is 0.497 e. The third-order valence-electron chi connectivity index (χ3n) is 3.62. The number of benzene rings is 2. The Hall–Kier alpha value is -2.89. The summed E-state index contributed by atoms with van der Waals surface area (Å²) in [6.07, 6.45) is -0.0552. The molecule has 0 saturated carbocycles. The number of rotatable bonds is 7. The molecule has 1 amide bonds. The Balaban J connectivity index is 2.22. The normalized spacial score (nSPS) is 11.5. The highest BCUT2D eigenvalue weighted by Gasteiger charge is 2.21. The molecular weight excluding hydrogens is 325 g/mol. The van der Waals surface area contributed by atoms with Crippen LogP contribution in [0.15, 0.2) is 48.5 Å². The molecule has 0 aromatic heterocycles. The quantitative estimate of drug-likeness (QED) is 0.783. The van der Waals surface area contributed by atoms with Crippen molar-refractivity contribution in [1.29, 1.82) is 0 Å². The van der Waals surface area contributed by atoms with Crippen LogP contribution in [0.2, 0.25) is 0 Å². The first-order chi connectivity index (χ1) is 12.0. The fourth-order valence-corrected chi connectivity index (χ4v) is 2.36. The first-order valence-electron chi connectivity index (χ1n) is 7.90. The minimum atomic E-state index is -0.642. The van der Waals surface area contributed by atoms with Crippen LogP contribution >= 0.6 is 0 Å². The molecular formula is C19H20FNO4. The van der Waals surface area contributed by atoms with Gasteiger partial charge in [-0.1, -0.05) is 24.3 Å². The zero-order chi connectivity index (χ0) is 18.2. The Morgan fingerprint density at radius 1 is 1.12 bits per heavy atom. The maximum Gasteiger partial charge on any atom is 0.308 e. The molecule has 2 rings (SSSR count). The van der Waals surface area contributed by atoms with E-state index in [4.69, 9.17) is 9.47 Å². The molecule has 0 spiro atoms. The highest BCUT2D eigenvalue weighted by atomic mass is 19.1. The summed E-state index contributed by atoms with van der Waals surface area (Å²) in [5, 5.41) is 2.70. The molecule has 0 fully saturated rings. The number of carbonyl (C=O) groups is 2. The Kier molecular flexibility index (Phi) is 6.51. The second-order valence-electron chi connectivity index (χ2n) is 5.29. The molecule has 5 nitrogen and oxygen atoms in total. The number of nitrogens with one attached hydrogen (secondary N) is 1. The zero-order valence-electron chi connectivity index (χ0n) is 14.1. The van der Waals surface area contributed by atoms with Crippen molar-refractivity contribution in [2.24, 2.45) is 0 Å². The Labute approximate surface area is 145 Å².